The lowest BCUT2D eigenvalue weighted by Gasteiger charge is -2.20. The standard InChI is InChI=1S/C23H24O4/c1-23(2,16-20(21(24)26-3)22(25)27-4)15-19(17-11-7-5-8-12-17)18-13-9-6-10-14-18/h5-16H,1-4H3. The summed E-state index contributed by atoms with van der Waals surface area (Å²) in [4.78, 5) is 24.0. The predicted molar refractivity (Wildman–Crippen MR) is 106 cm³/mol. The first kappa shape index (κ1) is 20.2. The first-order valence-electron chi connectivity index (χ1n) is 8.61. The van der Waals surface area contributed by atoms with E-state index in [0.717, 1.165) is 16.7 Å². The van der Waals surface area contributed by atoms with Gasteiger partial charge in [-0.15, -0.1) is 0 Å². The van der Waals surface area contributed by atoms with Crippen LogP contribution in [-0.2, 0) is 19.1 Å². The van der Waals surface area contributed by atoms with Crippen LogP contribution >= 0.6 is 0 Å². The minimum absolute atomic E-state index is 0.123. The van der Waals surface area contributed by atoms with Crippen LogP contribution in [-0.4, -0.2) is 26.2 Å². The molecule has 140 valence electrons. The van der Waals surface area contributed by atoms with Crippen molar-refractivity contribution < 1.29 is 19.1 Å². The third-order valence-corrected chi connectivity index (χ3v) is 4.01. The van der Waals surface area contributed by atoms with Gasteiger partial charge >= 0.3 is 11.9 Å². The quantitative estimate of drug-likeness (QED) is 0.330. The summed E-state index contributed by atoms with van der Waals surface area (Å²) in [5, 5.41) is 0. The molecule has 0 aliphatic heterocycles. The largest absolute Gasteiger partial charge is 0.465 e. The normalized spacial score (nSPS) is 10.5. The van der Waals surface area contributed by atoms with Crippen LogP contribution in [0.5, 0.6) is 0 Å². The molecule has 0 amide bonds. The van der Waals surface area contributed by atoms with Crippen LogP contribution in [0.2, 0.25) is 0 Å². The lowest BCUT2D eigenvalue weighted by molar-refractivity contribution is -0.144. The van der Waals surface area contributed by atoms with E-state index in [1.807, 2.05) is 80.6 Å². The van der Waals surface area contributed by atoms with E-state index in [2.05, 4.69) is 0 Å². The number of hydrogen-bond acceptors (Lipinski definition) is 4. The molecule has 2 aromatic rings. The Labute approximate surface area is 160 Å². The van der Waals surface area contributed by atoms with Crippen LogP contribution in [0.1, 0.15) is 25.0 Å². The van der Waals surface area contributed by atoms with E-state index in [4.69, 9.17) is 9.47 Å². The maximum Gasteiger partial charge on any atom is 0.344 e. The van der Waals surface area contributed by atoms with Gasteiger partial charge in [-0.1, -0.05) is 86.7 Å². The van der Waals surface area contributed by atoms with Gasteiger partial charge < -0.3 is 9.47 Å². The van der Waals surface area contributed by atoms with Crippen molar-refractivity contribution in [3.05, 3.63) is 89.5 Å². The van der Waals surface area contributed by atoms with Gasteiger partial charge in [0, 0.05) is 5.41 Å². The Balaban J connectivity index is 2.58. The fourth-order valence-corrected chi connectivity index (χ4v) is 2.78. The molecule has 0 heterocycles. The third-order valence-electron chi connectivity index (χ3n) is 4.01. The number of carbonyl (C=O) groups is 2. The van der Waals surface area contributed by atoms with Gasteiger partial charge in [0.2, 0.25) is 0 Å². The number of benzene rings is 2. The van der Waals surface area contributed by atoms with Crippen LogP contribution in [0.4, 0.5) is 0 Å². The van der Waals surface area contributed by atoms with E-state index >= 15 is 0 Å². The summed E-state index contributed by atoms with van der Waals surface area (Å²) in [5.74, 6) is -1.44. The molecule has 0 N–H and O–H groups in total. The van der Waals surface area contributed by atoms with Gasteiger partial charge in [-0.3, -0.25) is 0 Å². The van der Waals surface area contributed by atoms with E-state index in [-0.39, 0.29) is 5.57 Å². The molecule has 0 saturated carbocycles. The smallest absolute Gasteiger partial charge is 0.344 e. The van der Waals surface area contributed by atoms with Crippen molar-refractivity contribution in [2.24, 2.45) is 5.41 Å². The predicted octanol–water partition coefficient (Wildman–Crippen LogP) is 4.42. The summed E-state index contributed by atoms with van der Waals surface area (Å²) < 4.78 is 9.45. The van der Waals surface area contributed by atoms with E-state index in [1.54, 1.807) is 6.08 Å². The molecule has 4 heteroatoms. The molecule has 2 aromatic carbocycles. The first-order chi connectivity index (χ1) is 12.9. The number of allylic oxidation sites excluding steroid dienone is 2. The summed E-state index contributed by atoms with van der Waals surface area (Å²) in [6, 6.07) is 19.9. The fraction of sp³-hybridized carbons (Fsp3) is 0.217. The van der Waals surface area contributed by atoms with Crippen molar-refractivity contribution in [1.29, 1.82) is 0 Å². The summed E-state index contributed by atoms with van der Waals surface area (Å²) in [6.07, 6.45) is 3.61. The van der Waals surface area contributed by atoms with Crippen molar-refractivity contribution in [3.8, 4) is 0 Å². The first-order valence-corrected chi connectivity index (χ1v) is 8.61. The molecule has 0 aliphatic carbocycles. The molecule has 0 saturated heterocycles. The molecule has 0 fully saturated rings. The Bertz CT molecular complexity index is 787. The van der Waals surface area contributed by atoms with E-state index in [9.17, 15) is 9.59 Å². The average Bonchev–Trinajstić information content (AvgIpc) is 2.70. The third kappa shape index (κ3) is 5.42. The summed E-state index contributed by atoms with van der Waals surface area (Å²) in [6.45, 7) is 3.84. The second-order valence-corrected chi connectivity index (χ2v) is 6.65. The SMILES string of the molecule is COC(=O)C(=CC(C)(C)C=C(c1ccccc1)c1ccccc1)C(=O)OC. The number of rotatable bonds is 6. The van der Waals surface area contributed by atoms with Crippen LogP contribution in [0.15, 0.2) is 78.4 Å². The number of esters is 2. The highest BCUT2D eigenvalue weighted by Crippen LogP contribution is 2.31. The summed E-state index contributed by atoms with van der Waals surface area (Å²) in [5.41, 5.74) is 2.36. The molecule has 0 unspecified atom stereocenters. The molecule has 0 atom stereocenters. The van der Waals surface area contributed by atoms with Gasteiger partial charge in [0.05, 0.1) is 14.2 Å². The minimum atomic E-state index is -0.718. The lowest BCUT2D eigenvalue weighted by atomic mass is 9.84. The molecule has 27 heavy (non-hydrogen) atoms. The van der Waals surface area contributed by atoms with Crippen LogP contribution < -0.4 is 0 Å². The van der Waals surface area contributed by atoms with E-state index in [0.29, 0.717) is 0 Å². The Morgan fingerprint density at radius 2 is 1.15 bits per heavy atom. The maximum absolute atomic E-state index is 12.0. The maximum atomic E-state index is 12.0. The molecular weight excluding hydrogens is 340 g/mol. The van der Waals surface area contributed by atoms with Crippen molar-refractivity contribution >= 4 is 17.5 Å². The highest BCUT2D eigenvalue weighted by Gasteiger charge is 2.25. The highest BCUT2D eigenvalue weighted by molar-refractivity contribution is 6.14. The van der Waals surface area contributed by atoms with Crippen molar-refractivity contribution in [3.63, 3.8) is 0 Å². The van der Waals surface area contributed by atoms with Gasteiger partial charge in [0.1, 0.15) is 5.57 Å². The summed E-state index contributed by atoms with van der Waals surface area (Å²) >= 11 is 0. The van der Waals surface area contributed by atoms with Crippen LogP contribution in [0, 0.1) is 5.41 Å². The Morgan fingerprint density at radius 3 is 1.52 bits per heavy atom. The molecule has 2 rings (SSSR count). The second-order valence-electron chi connectivity index (χ2n) is 6.65. The monoisotopic (exact) mass is 364 g/mol. The topological polar surface area (TPSA) is 52.6 Å². The average molecular weight is 364 g/mol. The van der Waals surface area contributed by atoms with Crippen molar-refractivity contribution in [1.82, 2.24) is 0 Å². The van der Waals surface area contributed by atoms with Crippen LogP contribution in [0.3, 0.4) is 0 Å². The van der Waals surface area contributed by atoms with Crippen LogP contribution in [0.25, 0.3) is 5.57 Å². The van der Waals surface area contributed by atoms with E-state index < -0.39 is 17.4 Å². The second kappa shape index (κ2) is 8.99. The zero-order valence-electron chi connectivity index (χ0n) is 16.1. The Kier molecular flexibility index (Phi) is 6.72. The molecule has 0 spiro atoms. The molecule has 0 bridgehead atoms. The molecular formula is C23H24O4. The molecule has 0 aliphatic rings. The summed E-state index contributed by atoms with van der Waals surface area (Å²) in [7, 11) is 2.47. The van der Waals surface area contributed by atoms with Crippen molar-refractivity contribution in [2.45, 2.75) is 13.8 Å². The molecule has 0 aromatic heterocycles. The van der Waals surface area contributed by atoms with Gasteiger partial charge in [-0.05, 0) is 16.7 Å². The van der Waals surface area contributed by atoms with E-state index in [1.165, 1.54) is 14.2 Å². The fourth-order valence-electron chi connectivity index (χ4n) is 2.78. The highest BCUT2D eigenvalue weighted by atomic mass is 16.5. The number of carbonyl (C=O) groups excluding carboxylic acids is 2. The zero-order chi connectivity index (χ0) is 19.9. The number of hydrogen-bond donors (Lipinski definition) is 0. The van der Waals surface area contributed by atoms with Gasteiger partial charge in [-0.25, -0.2) is 9.59 Å². The lowest BCUT2D eigenvalue weighted by Crippen LogP contribution is -2.19. The Hall–Kier alpha value is -3.14. The minimum Gasteiger partial charge on any atom is -0.465 e. The molecule has 0 radical (unpaired) electrons. The van der Waals surface area contributed by atoms with Crippen molar-refractivity contribution in [2.75, 3.05) is 14.2 Å². The Morgan fingerprint density at radius 1 is 0.741 bits per heavy atom. The number of methoxy groups -OCH3 is 2. The molecule has 4 nitrogen and oxygen atoms in total. The zero-order valence-corrected chi connectivity index (χ0v) is 16.1. The van der Waals surface area contributed by atoms with Gasteiger partial charge in [0.15, 0.2) is 0 Å². The van der Waals surface area contributed by atoms with Gasteiger partial charge in [0.25, 0.3) is 0 Å². The number of ether oxygens (including phenoxy) is 2. The van der Waals surface area contributed by atoms with Gasteiger partial charge in [-0.2, -0.15) is 0 Å².